The highest BCUT2D eigenvalue weighted by Gasteiger charge is 2.20. The number of rotatable bonds is 4. The number of likely N-dealkylation sites (tertiary alicyclic amines) is 1. The second kappa shape index (κ2) is 6.60. The summed E-state index contributed by atoms with van der Waals surface area (Å²) in [4.78, 5) is 14.3. The Labute approximate surface area is 121 Å². The topological polar surface area (TPSA) is 29.5 Å². The predicted octanol–water partition coefficient (Wildman–Crippen LogP) is 3.14. The monoisotopic (exact) mass is 273 g/mol. The first-order chi connectivity index (χ1) is 9.63. The molecule has 0 saturated carbocycles. The third-order valence-electron chi connectivity index (χ3n) is 4.01. The molecule has 20 heavy (non-hydrogen) atoms. The summed E-state index contributed by atoms with van der Waals surface area (Å²) in [5.41, 5.74) is 1.95. The molecule has 0 N–H and O–H groups in total. The lowest BCUT2D eigenvalue weighted by molar-refractivity contribution is -0.131. The molecule has 1 aromatic carbocycles. The van der Waals surface area contributed by atoms with Gasteiger partial charge in [0.2, 0.25) is 5.91 Å². The van der Waals surface area contributed by atoms with Gasteiger partial charge in [0, 0.05) is 18.7 Å². The third kappa shape index (κ3) is 3.41. The molecular formula is C17H23NO2. The van der Waals surface area contributed by atoms with Crippen LogP contribution < -0.4 is 4.74 Å². The van der Waals surface area contributed by atoms with E-state index in [0.29, 0.717) is 6.42 Å². The molecule has 0 spiro atoms. The summed E-state index contributed by atoms with van der Waals surface area (Å²) in [5, 5.41) is 0. The molecule has 1 aromatic rings. The molecule has 3 heteroatoms. The summed E-state index contributed by atoms with van der Waals surface area (Å²) in [6, 6.07) is 5.84. The van der Waals surface area contributed by atoms with Crippen molar-refractivity contribution in [1.82, 2.24) is 4.90 Å². The van der Waals surface area contributed by atoms with Crippen LogP contribution in [0.15, 0.2) is 24.8 Å². The summed E-state index contributed by atoms with van der Waals surface area (Å²) in [5.74, 6) is 1.76. The van der Waals surface area contributed by atoms with Crippen molar-refractivity contribution in [3.05, 3.63) is 35.9 Å². The van der Waals surface area contributed by atoms with Gasteiger partial charge < -0.3 is 9.64 Å². The molecule has 108 valence electrons. The second-order valence-corrected chi connectivity index (χ2v) is 5.52. The SMILES string of the molecule is C=Cc1cc(CC(=O)N2CCC(C)CC2)ccc1OC. The van der Waals surface area contributed by atoms with Gasteiger partial charge >= 0.3 is 0 Å². The first-order valence-electron chi connectivity index (χ1n) is 7.21. The van der Waals surface area contributed by atoms with Crippen molar-refractivity contribution in [3.63, 3.8) is 0 Å². The Kier molecular flexibility index (Phi) is 4.83. The summed E-state index contributed by atoms with van der Waals surface area (Å²) in [6.45, 7) is 7.82. The number of ether oxygens (including phenoxy) is 1. The predicted molar refractivity (Wildman–Crippen MR) is 81.8 cm³/mol. The van der Waals surface area contributed by atoms with E-state index in [1.165, 1.54) is 0 Å². The molecule has 0 atom stereocenters. The lowest BCUT2D eigenvalue weighted by Crippen LogP contribution is -2.38. The van der Waals surface area contributed by atoms with Crippen LogP contribution >= 0.6 is 0 Å². The van der Waals surface area contributed by atoms with Crippen LogP contribution in [0.3, 0.4) is 0 Å². The molecule has 2 rings (SSSR count). The fraction of sp³-hybridized carbons (Fsp3) is 0.471. The van der Waals surface area contributed by atoms with E-state index in [1.807, 2.05) is 23.1 Å². The molecule has 1 heterocycles. The maximum absolute atomic E-state index is 12.3. The van der Waals surface area contributed by atoms with Crippen molar-refractivity contribution < 1.29 is 9.53 Å². The molecule has 1 aliphatic heterocycles. The number of nitrogens with zero attached hydrogens (tertiary/aromatic N) is 1. The van der Waals surface area contributed by atoms with Gasteiger partial charge in [-0.05, 0) is 36.5 Å². The van der Waals surface area contributed by atoms with Gasteiger partial charge in [0.25, 0.3) is 0 Å². The lowest BCUT2D eigenvalue weighted by atomic mass is 9.98. The van der Waals surface area contributed by atoms with Gasteiger partial charge in [0.05, 0.1) is 13.5 Å². The van der Waals surface area contributed by atoms with Crippen molar-refractivity contribution in [1.29, 1.82) is 0 Å². The highest BCUT2D eigenvalue weighted by Crippen LogP contribution is 2.22. The average molecular weight is 273 g/mol. The quantitative estimate of drug-likeness (QED) is 0.843. The Morgan fingerprint density at radius 3 is 2.75 bits per heavy atom. The number of hydrogen-bond acceptors (Lipinski definition) is 2. The number of benzene rings is 1. The summed E-state index contributed by atoms with van der Waals surface area (Å²) in [6.07, 6.45) is 4.45. The summed E-state index contributed by atoms with van der Waals surface area (Å²) < 4.78 is 5.26. The smallest absolute Gasteiger partial charge is 0.226 e. The maximum atomic E-state index is 12.3. The largest absolute Gasteiger partial charge is 0.496 e. The first-order valence-corrected chi connectivity index (χ1v) is 7.21. The standard InChI is InChI=1S/C17H23NO2/c1-4-15-11-14(5-6-16(15)20-3)12-17(19)18-9-7-13(2)8-10-18/h4-6,11,13H,1,7-10,12H2,2-3H3. The van der Waals surface area contributed by atoms with E-state index in [9.17, 15) is 4.79 Å². The lowest BCUT2D eigenvalue weighted by Gasteiger charge is -2.30. The van der Waals surface area contributed by atoms with Crippen LogP contribution in [0.2, 0.25) is 0 Å². The molecule has 3 nitrogen and oxygen atoms in total. The molecule has 1 aliphatic rings. The van der Waals surface area contributed by atoms with Crippen molar-refractivity contribution >= 4 is 12.0 Å². The number of piperidine rings is 1. The fourth-order valence-corrected chi connectivity index (χ4v) is 2.60. The van der Waals surface area contributed by atoms with Crippen LogP contribution in [0.5, 0.6) is 5.75 Å². The van der Waals surface area contributed by atoms with Crippen molar-refractivity contribution in [2.45, 2.75) is 26.2 Å². The number of hydrogen-bond donors (Lipinski definition) is 0. The van der Waals surface area contributed by atoms with Gasteiger partial charge in [-0.2, -0.15) is 0 Å². The van der Waals surface area contributed by atoms with E-state index < -0.39 is 0 Å². The zero-order valence-electron chi connectivity index (χ0n) is 12.4. The number of methoxy groups -OCH3 is 1. The zero-order chi connectivity index (χ0) is 14.5. The van der Waals surface area contributed by atoms with Crippen LogP contribution in [-0.2, 0) is 11.2 Å². The van der Waals surface area contributed by atoms with E-state index in [-0.39, 0.29) is 5.91 Å². The number of carbonyl (C=O) groups excluding carboxylic acids is 1. The van der Waals surface area contributed by atoms with Gasteiger partial charge in [-0.3, -0.25) is 4.79 Å². The highest BCUT2D eigenvalue weighted by molar-refractivity contribution is 5.79. The van der Waals surface area contributed by atoms with E-state index in [4.69, 9.17) is 4.74 Å². The minimum Gasteiger partial charge on any atom is -0.496 e. The van der Waals surface area contributed by atoms with Crippen LogP contribution in [-0.4, -0.2) is 31.0 Å². The third-order valence-corrected chi connectivity index (χ3v) is 4.01. The number of carbonyl (C=O) groups is 1. The fourth-order valence-electron chi connectivity index (χ4n) is 2.60. The van der Waals surface area contributed by atoms with Crippen molar-refractivity contribution in [2.24, 2.45) is 5.92 Å². The van der Waals surface area contributed by atoms with Gasteiger partial charge in [0.15, 0.2) is 0 Å². The van der Waals surface area contributed by atoms with Crippen molar-refractivity contribution in [3.8, 4) is 5.75 Å². The normalized spacial score (nSPS) is 16.0. The van der Waals surface area contributed by atoms with Gasteiger partial charge in [-0.25, -0.2) is 0 Å². The Morgan fingerprint density at radius 1 is 1.45 bits per heavy atom. The molecule has 0 unspecified atom stereocenters. The maximum Gasteiger partial charge on any atom is 0.226 e. The van der Waals surface area contributed by atoms with Gasteiger partial charge in [-0.1, -0.05) is 25.6 Å². The van der Waals surface area contributed by atoms with Gasteiger partial charge in [-0.15, -0.1) is 0 Å². The van der Waals surface area contributed by atoms with Gasteiger partial charge in [0.1, 0.15) is 5.75 Å². The second-order valence-electron chi connectivity index (χ2n) is 5.52. The highest BCUT2D eigenvalue weighted by atomic mass is 16.5. The molecular weight excluding hydrogens is 250 g/mol. The van der Waals surface area contributed by atoms with Crippen LogP contribution in [0.4, 0.5) is 0 Å². The molecule has 0 aromatic heterocycles. The summed E-state index contributed by atoms with van der Waals surface area (Å²) >= 11 is 0. The minimum atomic E-state index is 0.220. The van der Waals surface area contributed by atoms with Crippen LogP contribution in [0.25, 0.3) is 6.08 Å². The molecule has 0 radical (unpaired) electrons. The van der Waals surface area contributed by atoms with Crippen LogP contribution in [0.1, 0.15) is 30.9 Å². The average Bonchev–Trinajstić information content (AvgIpc) is 2.47. The van der Waals surface area contributed by atoms with E-state index in [2.05, 4.69) is 13.5 Å². The summed E-state index contributed by atoms with van der Waals surface area (Å²) in [7, 11) is 1.64. The van der Waals surface area contributed by atoms with E-state index in [1.54, 1.807) is 13.2 Å². The van der Waals surface area contributed by atoms with E-state index in [0.717, 1.165) is 48.7 Å². The Balaban J connectivity index is 2.02. The Morgan fingerprint density at radius 2 is 2.15 bits per heavy atom. The molecule has 1 fully saturated rings. The van der Waals surface area contributed by atoms with Crippen LogP contribution in [0, 0.1) is 5.92 Å². The molecule has 1 saturated heterocycles. The molecule has 1 amide bonds. The Bertz CT molecular complexity index is 488. The zero-order valence-corrected chi connectivity index (χ0v) is 12.4. The molecule has 0 bridgehead atoms. The number of amides is 1. The van der Waals surface area contributed by atoms with E-state index >= 15 is 0 Å². The Hall–Kier alpha value is -1.77. The minimum absolute atomic E-state index is 0.220. The first kappa shape index (κ1) is 14.6. The molecule has 0 aliphatic carbocycles. The van der Waals surface area contributed by atoms with Crippen molar-refractivity contribution in [2.75, 3.05) is 20.2 Å².